The van der Waals surface area contributed by atoms with E-state index in [0.29, 0.717) is 5.95 Å². The van der Waals surface area contributed by atoms with Gasteiger partial charge >= 0.3 is 0 Å². The van der Waals surface area contributed by atoms with Gasteiger partial charge in [0.1, 0.15) is 29.7 Å². The smallest absolute Gasteiger partial charge is 0.263 e. The quantitative estimate of drug-likeness (QED) is 0.406. The summed E-state index contributed by atoms with van der Waals surface area (Å²) < 4.78 is 51.7. The summed E-state index contributed by atoms with van der Waals surface area (Å²) in [6.07, 6.45) is 2.59. The van der Waals surface area contributed by atoms with E-state index in [1.165, 1.54) is 30.7 Å². The van der Waals surface area contributed by atoms with Crippen LogP contribution >= 0.6 is 11.5 Å². The van der Waals surface area contributed by atoms with Crippen LogP contribution in [-0.2, 0) is 10.0 Å². The summed E-state index contributed by atoms with van der Waals surface area (Å²) in [5.41, 5.74) is 0.300. The molecule has 13 heteroatoms. The highest BCUT2D eigenvalue weighted by atomic mass is 32.2. The molecule has 4 rings (SSSR count). The zero-order valence-electron chi connectivity index (χ0n) is 17.8. The Morgan fingerprint density at radius 3 is 2.62 bits per heavy atom. The molecule has 172 valence electrons. The molecule has 0 aliphatic heterocycles. The topological polar surface area (TPSA) is 134 Å². The van der Waals surface area contributed by atoms with E-state index in [2.05, 4.69) is 24.0 Å². The molecule has 0 fully saturated rings. The number of hydrogen-bond donors (Lipinski definition) is 1. The fourth-order valence-electron chi connectivity index (χ4n) is 2.86. The Morgan fingerprint density at radius 2 is 1.94 bits per heavy atom. The third-order valence-electron chi connectivity index (χ3n) is 4.46. The van der Waals surface area contributed by atoms with Crippen LogP contribution in [0.15, 0.2) is 59.9 Å². The zero-order chi connectivity index (χ0) is 24.3. The first-order chi connectivity index (χ1) is 16.3. The maximum atomic E-state index is 14.5. The van der Waals surface area contributed by atoms with Gasteiger partial charge in [-0.2, -0.15) is 9.64 Å². The lowest BCUT2D eigenvalue weighted by Crippen LogP contribution is -2.13. The normalized spacial score (nSPS) is 11.0. The highest BCUT2D eigenvalue weighted by molar-refractivity contribution is 7.93. The molecule has 0 amide bonds. The van der Waals surface area contributed by atoms with E-state index in [0.717, 1.165) is 17.6 Å². The van der Waals surface area contributed by atoms with Crippen molar-refractivity contribution in [2.45, 2.75) is 4.90 Å². The maximum Gasteiger partial charge on any atom is 0.263 e. The van der Waals surface area contributed by atoms with Crippen LogP contribution in [0.3, 0.4) is 0 Å². The van der Waals surface area contributed by atoms with Gasteiger partial charge in [-0.3, -0.25) is 4.72 Å². The van der Waals surface area contributed by atoms with Gasteiger partial charge in [0.05, 0.1) is 16.7 Å². The first-order valence-electron chi connectivity index (χ1n) is 9.59. The summed E-state index contributed by atoms with van der Waals surface area (Å²) in [6, 6.07) is 11.7. The van der Waals surface area contributed by atoms with Gasteiger partial charge < -0.3 is 9.64 Å². The van der Waals surface area contributed by atoms with Gasteiger partial charge in [0.25, 0.3) is 10.0 Å². The predicted octanol–water partition coefficient (Wildman–Crippen LogP) is 3.66. The van der Waals surface area contributed by atoms with Crippen LogP contribution in [0.5, 0.6) is 11.5 Å². The van der Waals surface area contributed by atoms with Crippen LogP contribution in [0.2, 0.25) is 0 Å². The summed E-state index contributed by atoms with van der Waals surface area (Å²) in [4.78, 5) is 13.9. The molecule has 0 atom stereocenters. The van der Waals surface area contributed by atoms with Crippen molar-refractivity contribution >= 4 is 32.6 Å². The molecule has 2 aromatic carbocycles. The molecule has 34 heavy (non-hydrogen) atoms. The van der Waals surface area contributed by atoms with Gasteiger partial charge in [-0.15, -0.1) is 0 Å². The SMILES string of the molecule is CN(C)c1ncc(Oc2ccc(S(=O)(=O)Nc3ncns3)cc2C#N)c(-c2ccccc2F)n1. The standard InChI is InChI=1S/C21H16FN7O3S2/c1-29(2)20-24-11-18(19(27-20)15-5-3-4-6-16(15)22)32-17-8-7-14(9-13(17)10-23)34(30,31)28-21-25-12-26-33-21/h3-9,11-12H,1-2H3,(H,25,26,28). The lowest BCUT2D eigenvalue weighted by atomic mass is 10.1. The summed E-state index contributed by atoms with van der Waals surface area (Å²) in [7, 11) is -0.526. The molecular weight excluding hydrogens is 481 g/mol. The number of nitrogens with one attached hydrogen (secondary N) is 1. The van der Waals surface area contributed by atoms with E-state index >= 15 is 0 Å². The predicted molar refractivity (Wildman–Crippen MR) is 124 cm³/mol. The molecule has 0 bridgehead atoms. The second-order valence-electron chi connectivity index (χ2n) is 6.98. The van der Waals surface area contributed by atoms with E-state index in [4.69, 9.17) is 4.74 Å². The van der Waals surface area contributed by atoms with Crippen LogP contribution in [0.4, 0.5) is 15.5 Å². The summed E-state index contributed by atoms with van der Waals surface area (Å²) in [5.74, 6) is -0.0401. The Bertz CT molecular complexity index is 1490. The number of hydrogen-bond acceptors (Lipinski definition) is 10. The zero-order valence-corrected chi connectivity index (χ0v) is 19.4. The monoisotopic (exact) mass is 497 g/mol. The number of halogens is 1. The van der Waals surface area contributed by atoms with E-state index < -0.39 is 15.8 Å². The Kier molecular flexibility index (Phi) is 6.35. The first kappa shape index (κ1) is 23.0. The minimum atomic E-state index is -4.01. The van der Waals surface area contributed by atoms with E-state index in [1.54, 1.807) is 37.2 Å². The van der Waals surface area contributed by atoms with Gasteiger partial charge in [-0.05, 0) is 30.3 Å². The van der Waals surface area contributed by atoms with Crippen LogP contribution < -0.4 is 14.4 Å². The van der Waals surface area contributed by atoms with Crippen molar-refractivity contribution < 1.29 is 17.5 Å². The average Bonchev–Trinajstić information content (AvgIpc) is 3.32. The number of ether oxygens (including phenoxy) is 1. The number of rotatable bonds is 7. The van der Waals surface area contributed by atoms with Crippen molar-refractivity contribution in [3.8, 4) is 28.8 Å². The molecule has 10 nitrogen and oxygen atoms in total. The molecule has 0 saturated heterocycles. The highest BCUT2D eigenvalue weighted by Crippen LogP contribution is 2.35. The largest absolute Gasteiger partial charge is 0.452 e. The lowest BCUT2D eigenvalue weighted by molar-refractivity contribution is 0.477. The van der Waals surface area contributed by atoms with Crippen LogP contribution in [0.1, 0.15) is 5.56 Å². The fourth-order valence-corrected chi connectivity index (χ4v) is 4.55. The van der Waals surface area contributed by atoms with Crippen molar-refractivity contribution in [2.75, 3.05) is 23.7 Å². The van der Waals surface area contributed by atoms with Crippen molar-refractivity contribution in [1.82, 2.24) is 19.3 Å². The number of benzene rings is 2. The fraction of sp³-hybridized carbons (Fsp3) is 0.0952. The average molecular weight is 498 g/mol. The maximum absolute atomic E-state index is 14.5. The minimum Gasteiger partial charge on any atom is -0.452 e. The number of nitriles is 1. The molecule has 0 radical (unpaired) electrons. The number of aromatic nitrogens is 4. The number of nitrogens with zero attached hydrogens (tertiary/aromatic N) is 6. The van der Waals surface area contributed by atoms with Gasteiger partial charge in [-0.25, -0.2) is 27.8 Å². The van der Waals surface area contributed by atoms with E-state index in [-0.39, 0.29) is 38.3 Å². The minimum absolute atomic E-state index is 0.0520. The molecule has 0 aliphatic rings. The second-order valence-corrected chi connectivity index (χ2v) is 9.44. The molecule has 2 heterocycles. The molecule has 1 N–H and O–H groups in total. The molecular formula is C21H16FN7O3S2. The third kappa shape index (κ3) is 4.77. The molecule has 2 aromatic heterocycles. The van der Waals surface area contributed by atoms with Crippen LogP contribution in [0.25, 0.3) is 11.3 Å². The molecule has 0 saturated carbocycles. The molecule has 0 spiro atoms. The van der Waals surface area contributed by atoms with E-state index in [9.17, 15) is 18.1 Å². The van der Waals surface area contributed by atoms with Crippen molar-refractivity contribution in [3.05, 3.63) is 66.4 Å². The highest BCUT2D eigenvalue weighted by Gasteiger charge is 2.21. The summed E-state index contributed by atoms with van der Waals surface area (Å²) in [6.45, 7) is 0. The number of anilines is 2. The summed E-state index contributed by atoms with van der Waals surface area (Å²) in [5, 5.41) is 9.72. The van der Waals surface area contributed by atoms with E-state index in [1.807, 2.05) is 6.07 Å². The molecule has 4 aromatic rings. The lowest BCUT2D eigenvalue weighted by Gasteiger charge is -2.16. The molecule has 0 unspecified atom stereocenters. The third-order valence-corrected chi connectivity index (χ3v) is 6.50. The Labute approximate surface area is 198 Å². The Morgan fingerprint density at radius 1 is 1.15 bits per heavy atom. The first-order valence-corrected chi connectivity index (χ1v) is 11.8. The van der Waals surface area contributed by atoms with Crippen LogP contribution in [0, 0.1) is 17.1 Å². The van der Waals surface area contributed by atoms with Gasteiger partial charge in [0.2, 0.25) is 11.1 Å². The van der Waals surface area contributed by atoms with Crippen molar-refractivity contribution in [3.63, 3.8) is 0 Å². The van der Waals surface area contributed by atoms with Crippen molar-refractivity contribution in [1.29, 1.82) is 5.26 Å². The van der Waals surface area contributed by atoms with Gasteiger partial charge in [-0.1, -0.05) is 12.1 Å². The second kappa shape index (κ2) is 9.38. The van der Waals surface area contributed by atoms with Gasteiger partial charge in [0, 0.05) is 31.2 Å². The Hall–Kier alpha value is -4.15. The molecule has 0 aliphatic carbocycles. The van der Waals surface area contributed by atoms with Gasteiger partial charge in [0.15, 0.2) is 5.75 Å². The van der Waals surface area contributed by atoms with Crippen LogP contribution in [-0.4, -0.2) is 41.8 Å². The van der Waals surface area contributed by atoms with Crippen molar-refractivity contribution in [2.24, 2.45) is 0 Å². The summed E-state index contributed by atoms with van der Waals surface area (Å²) >= 11 is 0.874. The number of sulfonamides is 1. The Balaban J connectivity index is 1.73.